The van der Waals surface area contributed by atoms with Crippen LogP contribution in [0.15, 0.2) is 30.3 Å². The fourth-order valence-electron chi connectivity index (χ4n) is 1.39. The smallest absolute Gasteiger partial charge is 0.323 e. The Morgan fingerprint density at radius 2 is 2.00 bits per heavy atom. The van der Waals surface area contributed by atoms with Gasteiger partial charge in [0.15, 0.2) is 0 Å². The predicted octanol–water partition coefficient (Wildman–Crippen LogP) is 1.02. The van der Waals surface area contributed by atoms with Gasteiger partial charge in [-0.15, -0.1) is 0 Å². The molecule has 0 radical (unpaired) electrons. The maximum absolute atomic E-state index is 10.9. The van der Waals surface area contributed by atoms with E-state index in [2.05, 4.69) is 5.32 Å². The number of hydrogen-bond donors (Lipinski definition) is 3. The first kappa shape index (κ1) is 15.6. The molecule has 1 aromatic carbocycles. The normalized spacial score (nSPS) is 13.2. The zero-order chi connectivity index (χ0) is 14.3. The van der Waals surface area contributed by atoms with Crippen LogP contribution >= 0.6 is 0 Å². The van der Waals surface area contributed by atoms with E-state index in [0.717, 1.165) is 5.56 Å². The van der Waals surface area contributed by atoms with E-state index < -0.39 is 17.6 Å². The minimum absolute atomic E-state index is 0.164. The van der Waals surface area contributed by atoms with Gasteiger partial charge < -0.3 is 14.9 Å². The van der Waals surface area contributed by atoms with Gasteiger partial charge in [0.1, 0.15) is 5.54 Å². The molecule has 5 heteroatoms. The summed E-state index contributed by atoms with van der Waals surface area (Å²) in [5, 5.41) is 21.4. The van der Waals surface area contributed by atoms with Crippen LogP contribution < -0.4 is 5.32 Å². The van der Waals surface area contributed by atoms with Gasteiger partial charge in [-0.25, -0.2) is 0 Å². The maximum Gasteiger partial charge on any atom is 0.323 e. The van der Waals surface area contributed by atoms with Crippen molar-refractivity contribution in [3.05, 3.63) is 35.9 Å². The number of carbonyl (C=O) groups is 1. The Morgan fingerprint density at radius 3 is 2.58 bits per heavy atom. The topological polar surface area (TPSA) is 78.8 Å². The minimum Gasteiger partial charge on any atom is -0.480 e. The van der Waals surface area contributed by atoms with Crippen LogP contribution in [-0.4, -0.2) is 41.0 Å². The van der Waals surface area contributed by atoms with Gasteiger partial charge in [-0.3, -0.25) is 10.1 Å². The zero-order valence-electron chi connectivity index (χ0n) is 11.3. The molecular weight excluding hydrogens is 246 g/mol. The number of ether oxygens (including phenoxy) is 1. The molecule has 1 rings (SSSR count). The van der Waals surface area contributed by atoms with Crippen LogP contribution in [0.1, 0.15) is 19.4 Å². The van der Waals surface area contributed by atoms with Crippen LogP contribution in [-0.2, 0) is 16.1 Å². The third-order valence-electron chi connectivity index (χ3n) is 2.74. The first-order chi connectivity index (χ1) is 8.92. The fraction of sp³-hybridized carbons (Fsp3) is 0.500. The van der Waals surface area contributed by atoms with Crippen LogP contribution in [0.2, 0.25) is 0 Å². The van der Waals surface area contributed by atoms with Crippen LogP contribution in [0.25, 0.3) is 0 Å². The van der Waals surface area contributed by atoms with E-state index in [-0.39, 0.29) is 13.2 Å². The summed E-state index contributed by atoms with van der Waals surface area (Å²) in [4.78, 5) is 10.9. The lowest BCUT2D eigenvalue weighted by Gasteiger charge is -2.23. The zero-order valence-corrected chi connectivity index (χ0v) is 11.3. The molecule has 1 aromatic rings. The molecule has 0 saturated heterocycles. The van der Waals surface area contributed by atoms with Crippen molar-refractivity contribution < 1.29 is 19.7 Å². The number of nitrogens with one attached hydrogen (secondary N) is 1. The van der Waals surface area contributed by atoms with E-state index in [4.69, 9.17) is 9.84 Å². The molecule has 0 aliphatic heterocycles. The van der Waals surface area contributed by atoms with Crippen LogP contribution in [0.4, 0.5) is 0 Å². The summed E-state index contributed by atoms with van der Waals surface area (Å²) in [6.07, 6.45) is -0.734. The Balaban J connectivity index is 2.22. The van der Waals surface area contributed by atoms with Crippen molar-refractivity contribution in [3.63, 3.8) is 0 Å². The first-order valence-electron chi connectivity index (χ1n) is 6.20. The third kappa shape index (κ3) is 5.83. The lowest BCUT2D eigenvalue weighted by molar-refractivity contribution is -0.143. The van der Waals surface area contributed by atoms with E-state index in [1.807, 2.05) is 30.3 Å². The van der Waals surface area contributed by atoms with E-state index in [0.29, 0.717) is 6.61 Å². The summed E-state index contributed by atoms with van der Waals surface area (Å²) < 4.78 is 5.37. The monoisotopic (exact) mass is 267 g/mol. The summed E-state index contributed by atoms with van der Waals surface area (Å²) in [7, 11) is 0. The highest BCUT2D eigenvalue weighted by atomic mass is 16.5. The average Bonchev–Trinajstić information content (AvgIpc) is 2.37. The number of carboxylic acid groups (broad SMARTS) is 1. The highest BCUT2D eigenvalue weighted by Crippen LogP contribution is 2.03. The number of aliphatic hydroxyl groups is 1. The van der Waals surface area contributed by atoms with Gasteiger partial charge in [-0.2, -0.15) is 0 Å². The number of hydrogen-bond acceptors (Lipinski definition) is 4. The molecule has 0 aliphatic rings. The predicted molar refractivity (Wildman–Crippen MR) is 71.8 cm³/mol. The van der Waals surface area contributed by atoms with Gasteiger partial charge in [-0.05, 0) is 19.4 Å². The fourth-order valence-corrected chi connectivity index (χ4v) is 1.39. The largest absolute Gasteiger partial charge is 0.480 e. The molecular formula is C14H21NO4. The lowest BCUT2D eigenvalue weighted by Crippen LogP contribution is -2.50. The van der Waals surface area contributed by atoms with E-state index >= 15 is 0 Å². The highest BCUT2D eigenvalue weighted by Gasteiger charge is 2.26. The van der Waals surface area contributed by atoms with Crippen molar-refractivity contribution in [3.8, 4) is 0 Å². The SMILES string of the molecule is CC(C)(NCC(O)COCc1ccccc1)C(=O)O. The Hall–Kier alpha value is -1.43. The quantitative estimate of drug-likeness (QED) is 0.655. The van der Waals surface area contributed by atoms with Gasteiger partial charge in [0.25, 0.3) is 0 Å². The highest BCUT2D eigenvalue weighted by molar-refractivity contribution is 5.77. The van der Waals surface area contributed by atoms with Crippen molar-refractivity contribution in [2.75, 3.05) is 13.2 Å². The molecule has 0 heterocycles. The van der Waals surface area contributed by atoms with Gasteiger partial charge in [0.2, 0.25) is 0 Å². The number of benzene rings is 1. The van der Waals surface area contributed by atoms with Crippen LogP contribution in [0, 0.1) is 0 Å². The molecule has 0 amide bonds. The number of aliphatic hydroxyl groups excluding tert-OH is 1. The summed E-state index contributed by atoms with van der Waals surface area (Å²) in [6.45, 7) is 3.87. The van der Waals surface area contributed by atoms with Crippen LogP contribution in [0.5, 0.6) is 0 Å². The van der Waals surface area contributed by atoms with Crippen molar-refractivity contribution >= 4 is 5.97 Å². The van der Waals surface area contributed by atoms with Crippen molar-refractivity contribution in [1.82, 2.24) is 5.32 Å². The number of carboxylic acids is 1. The second kappa shape index (κ2) is 7.23. The molecule has 0 aliphatic carbocycles. The summed E-state index contributed by atoms with van der Waals surface area (Å²) in [5.74, 6) is -0.954. The molecule has 0 spiro atoms. The first-order valence-corrected chi connectivity index (χ1v) is 6.20. The van der Waals surface area contributed by atoms with Crippen LogP contribution in [0.3, 0.4) is 0 Å². The molecule has 0 saturated carbocycles. The standard InChI is InChI=1S/C14H21NO4/c1-14(2,13(17)18)15-8-12(16)10-19-9-11-6-4-3-5-7-11/h3-7,12,15-16H,8-10H2,1-2H3,(H,17,18). The molecule has 1 unspecified atom stereocenters. The van der Waals surface area contributed by atoms with E-state index in [9.17, 15) is 9.90 Å². The molecule has 1 atom stereocenters. The molecule has 19 heavy (non-hydrogen) atoms. The molecule has 5 nitrogen and oxygen atoms in total. The Bertz CT molecular complexity index is 392. The Labute approximate surface area is 113 Å². The van der Waals surface area contributed by atoms with Gasteiger partial charge in [0.05, 0.1) is 19.3 Å². The molecule has 3 N–H and O–H groups in total. The lowest BCUT2D eigenvalue weighted by atomic mass is 10.1. The van der Waals surface area contributed by atoms with E-state index in [1.54, 1.807) is 13.8 Å². The van der Waals surface area contributed by atoms with Crippen molar-refractivity contribution in [1.29, 1.82) is 0 Å². The summed E-state index contributed by atoms with van der Waals surface area (Å²) in [5.41, 5.74) is -0.0195. The van der Waals surface area contributed by atoms with Gasteiger partial charge in [0, 0.05) is 6.54 Å². The maximum atomic E-state index is 10.9. The Morgan fingerprint density at radius 1 is 1.37 bits per heavy atom. The van der Waals surface area contributed by atoms with Gasteiger partial charge >= 0.3 is 5.97 Å². The molecule has 0 bridgehead atoms. The van der Waals surface area contributed by atoms with Crippen molar-refractivity contribution in [2.45, 2.75) is 32.1 Å². The minimum atomic E-state index is -1.06. The molecule has 106 valence electrons. The summed E-state index contributed by atoms with van der Waals surface area (Å²) >= 11 is 0. The van der Waals surface area contributed by atoms with E-state index in [1.165, 1.54) is 0 Å². The number of aliphatic carboxylic acids is 1. The molecule has 0 aromatic heterocycles. The Kier molecular flexibility index (Phi) is 5.95. The average molecular weight is 267 g/mol. The summed E-state index contributed by atoms with van der Waals surface area (Å²) in [6, 6.07) is 9.66. The molecule has 0 fully saturated rings. The second-order valence-corrected chi connectivity index (χ2v) is 4.97. The van der Waals surface area contributed by atoms with Gasteiger partial charge in [-0.1, -0.05) is 30.3 Å². The van der Waals surface area contributed by atoms with Crippen molar-refractivity contribution in [2.24, 2.45) is 0 Å². The number of rotatable bonds is 8. The number of β-amino-alcohol motifs (C(OH)–C–C–N with tert-alkyl or cyclic N) is 1. The third-order valence-corrected chi connectivity index (χ3v) is 2.74. The second-order valence-electron chi connectivity index (χ2n) is 4.97.